The number of nitrogens with one attached hydrogen (secondary N) is 1. The SMILES string of the molecule is CC1CCCCC1CNS(=O)(=O)N1CCC(C(=O)O)CC1. The summed E-state index contributed by atoms with van der Waals surface area (Å²) in [5.41, 5.74) is 0. The van der Waals surface area contributed by atoms with Gasteiger partial charge in [-0.2, -0.15) is 12.7 Å². The Morgan fingerprint density at radius 3 is 2.38 bits per heavy atom. The van der Waals surface area contributed by atoms with Crippen LogP contribution in [0.25, 0.3) is 0 Å². The molecule has 2 atom stereocenters. The largest absolute Gasteiger partial charge is 0.481 e. The molecule has 1 aliphatic carbocycles. The fraction of sp³-hybridized carbons (Fsp3) is 0.929. The average Bonchev–Trinajstić information content (AvgIpc) is 2.46. The number of aliphatic carboxylic acids is 1. The minimum atomic E-state index is -3.46. The Morgan fingerprint density at radius 1 is 1.19 bits per heavy atom. The molecule has 1 aliphatic heterocycles. The molecule has 0 spiro atoms. The minimum absolute atomic E-state index is 0.298. The van der Waals surface area contributed by atoms with Crippen LogP contribution < -0.4 is 4.72 Å². The van der Waals surface area contributed by atoms with Crippen molar-refractivity contribution in [3.63, 3.8) is 0 Å². The molecule has 0 bridgehead atoms. The molecule has 2 aliphatic rings. The van der Waals surface area contributed by atoms with E-state index in [0.717, 1.165) is 6.42 Å². The van der Waals surface area contributed by atoms with Gasteiger partial charge in [-0.25, -0.2) is 4.72 Å². The second-order valence-electron chi connectivity index (χ2n) is 6.39. The highest BCUT2D eigenvalue weighted by Gasteiger charge is 2.31. The predicted molar refractivity (Wildman–Crippen MR) is 80.0 cm³/mol. The summed E-state index contributed by atoms with van der Waals surface area (Å²) in [6, 6.07) is 0. The lowest BCUT2D eigenvalue weighted by Crippen LogP contribution is -2.47. The normalized spacial score (nSPS) is 29.4. The first kappa shape index (κ1) is 16.7. The molecule has 1 heterocycles. The van der Waals surface area contributed by atoms with Gasteiger partial charge < -0.3 is 5.11 Å². The number of piperidine rings is 1. The second-order valence-corrected chi connectivity index (χ2v) is 8.14. The van der Waals surface area contributed by atoms with Crippen LogP contribution in [0.4, 0.5) is 0 Å². The van der Waals surface area contributed by atoms with Crippen LogP contribution in [0.3, 0.4) is 0 Å². The molecule has 1 saturated heterocycles. The molecular formula is C14H26N2O4S. The van der Waals surface area contributed by atoms with Crippen molar-refractivity contribution in [2.24, 2.45) is 17.8 Å². The summed E-state index contributed by atoms with van der Waals surface area (Å²) < 4.78 is 28.7. The molecule has 0 aromatic carbocycles. The van der Waals surface area contributed by atoms with E-state index in [4.69, 9.17) is 5.11 Å². The van der Waals surface area contributed by atoms with Crippen LogP contribution in [0.2, 0.25) is 0 Å². The summed E-state index contributed by atoms with van der Waals surface area (Å²) in [7, 11) is -3.46. The monoisotopic (exact) mass is 318 g/mol. The van der Waals surface area contributed by atoms with Gasteiger partial charge >= 0.3 is 5.97 Å². The highest BCUT2D eigenvalue weighted by molar-refractivity contribution is 7.87. The smallest absolute Gasteiger partial charge is 0.306 e. The van der Waals surface area contributed by atoms with Crippen molar-refractivity contribution >= 4 is 16.2 Å². The standard InChI is InChI=1S/C14H26N2O4S/c1-11-4-2-3-5-13(11)10-15-21(19,20)16-8-6-12(7-9-16)14(17)18/h11-13,15H,2-10H2,1H3,(H,17,18). The van der Waals surface area contributed by atoms with Crippen LogP contribution in [0.15, 0.2) is 0 Å². The van der Waals surface area contributed by atoms with E-state index in [1.165, 1.54) is 23.6 Å². The highest BCUT2D eigenvalue weighted by Crippen LogP contribution is 2.29. The Bertz CT molecular complexity index is 458. The Balaban J connectivity index is 1.83. The quantitative estimate of drug-likeness (QED) is 0.803. The van der Waals surface area contributed by atoms with Gasteiger partial charge in [0.1, 0.15) is 0 Å². The second kappa shape index (κ2) is 7.07. The molecule has 2 fully saturated rings. The van der Waals surface area contributed by atoms with Crippen molar-refractivity contribution in [1.29, 1.82) is 0 Å². The van der Waals surface area contributed by atoms with E-state index < -0.39 is 22.1 Å². The maximum absolute atomic E-state index is 12.3. The summed E-state index contributed by atoms with van der Waals surface area (Å²) in [6.07, 6.45) is 5.49. The molecule has 0 aromatic heterocycles. The number of carbonyl (C=O) groups is 1. The number of hydrogen-bond donors (Lipinski definition) is 2. The molecule has 122 valence electrons. The van der Waals surface area contributed by atoms with Gasteiger partial charge in [0.05, 0.1) is 5.92 Å². The van der Waals surface area contributed by atoms with Gasteiger partial charge in [0, 0.05) is 19.6 Å². The Hall–Kier alpha value is -0.660. The molecule has 21 heavy (non-hydrogen) atoms. The fourth-order valence-corrected chi connectivity index (χ4v) is 4.64. The van der Waals surface area contributed by atoms with E-state index in [-0.39, 0.29) is 0 Å². The third-order valence-corrected chi connectivity index (χ3v) is 6.54. The molecule has 2 rings (SSSR count). The van der Waals surface area contributed by atoms with Crippen LogP contribution in [-0.4, -0.2) is 43.4 Å². The van der Waals surface area contributed by atoms with Gasteiger partial charge in [-0.3, -0.25) is 4.79 Å². The van der Waals surface area contributed by atoms with E-state index in [2.05, 4.69) is 11.6 Å². The van der Waals surface area contributed by atoms with E-state index in [1.807, 2.05) is 0 Å². The molecule has 0 radical (unpaired) electrons. The summed E-state index contributed by atoms with van der Waals surface area (Å²) >= 11 is 0. The average molecular weight is 318 g/mol. The van der Waals surface area contributed by atoms with Gasteiger partial charge in [0.15, 0.2) is 0 Å². The maximum Gasteiger partial charge on any atom is 0.306 e. The Morgan fingerprint density at radius 2 is 1.81 bits per heavy atom. The van der Waals surface area contributed by atoms with Crippen LogP contribution in [-0.2, 0) is 15.0 Å². The summed E-state index contributed by atoms with van der Waals surface area (Å²) in [5, 5.41) is 8.95. The van der Waals surface area contributed by atoms with E-state index in [1.54, 1.807) is 0 Å². The number of hydrogen-bond acceptors (Lipinski definition) is 3. The number of nitrogens with zero attached hydrogens (tertiary/aromatic N) is 1. The summed E-state index contributed by atoms with van der Waals surface area (Å²) in [6.45, 7) is 3.29. The molecule has 1 saturated carbocycles. The molecule has 0 amide bonds. The van der Waals surface area contributed by atoms with E-state index in [0.29, 0.717) is 44.3 Å². The van der Waals surface area contributed by atoms with Crippen molar-refractivity contribution in [1.82, 2.24) is 9.03 Å². The first-order valence-electron chi connectivity index (χ1n) is 7.87. The van der Waals surface area contributed by atoms with Gasteiger partial charge in [0.25, 0.3) is 10.2 Å². The zero-order valence-electron chi connectivity index (χ0n) is 12.6. The number of rotatable bonds is 5. The van der Waals surface area contributed by atoms with Gasteiger partial charge in [-0.15, -0.1) is 0 Å². The zero-order valence-corrected chi connectivity index (χ0v) is 13.4. The van der Waals surface area contributed by atoms with E-state index >= 15 is 0 Å². The summed E-state index contributed by atoms with van der Waals surface area (Å²) in [5.74, 6) is -0.241. The van der Waals surface area contributed by atoms with Crippen molar-refractivity contribution < 1.29 is 18.3 Å². The first-order valence-corrected chi connectivity index (χ1v) is 9.31. The van der Waals surface area contributed by atoms with Crippen LogP contribution in [0.5, 0.6) is 0 Å². The predicted octanol–water partition coefficient (Wildman–Crippen LogP) is 1.44. The molecule has 6 nitrogen and oxygen atoms in total. The third kappa shape index (κ3) is 4.40. The van der Waals surface area contributed by atoms with Gasteiger partial charge in [-0.1, -0.05) is 26.2 Å². The van der Waals surface area contributed by atoms with Crippen LogP contribution in [0, 0.1) is 17.8 Å². The van der Waals surface area contributed by atoms with Gasteiger partial charge in [-0.05, 0) is 31.1 Å². The minimum Gasteiger partial charge on any atom is -0.481 e. The Kier molecular flexibility index (Phi) is 5.62. The maximum atomic E-state index is 12.3. The fourth-order valence-electron chi connectivity index (χ4n) is 3.34. The lowest BCUT2D eigenvalue weighted by molar-refractivity contribution is -0.142. The highest BCUT2D eigenvalue weighted by atomic mass is 32.2. The Labute approximate surface area is 127 Å². The number of carboxylic acid groups (broad SMARTS) is 1. The molecule has 2 N–H and O–H groups in total. The molecular weight excluding hydrogens is 292 g/mol. The topological polar surface area (TPSA) is 86.7 Å². The van der Waals surface area contributed by atoms with Crippen molar-refractivity contribution in [2.75, 3.05) is 19.6 Å². The molecule has 7 heteroatoms. The van der Waals surface area contributed by atoms with Gasteiger partial charge in [0.2, 0.25) is 0 Å². The van der Waals surface area contributed by atoms with E-state index in [9.17, 15) is 13.2 Å². The van der Waals surface area contributed by atoms with Crippen molar-refractivity contribution in [3.8, 4) is 0 Å². The lowest BCUT2D eigenvalue weighted by atomic mass is 9.81. The van der Waals surface area contributed by atoms with Crippen molar-refractivity contribution in [3.05, 3.63) is 0 Å². The molecule has 2 unspecified atom stereocenters. The van der Waals surface area contributed by atoms with Crippen molar-refractivity contribution in [2.45, 2.75) is 45.4 Å². The third-order valence-electron chi connectivity index (χ3n) is 4.96. The van der Waals surface area contributed by atoms with Crippen LogP contribution in [0.1, 0.15) is 45.4 Å². The summed E-state index contributed by atoms with van der Waals surface area (Å²) in [4.78, 5) is 10.9. The number of carboxylic acids is 1. The first-order chi connectivity index (χ1) is 9.90. The molecule has 0 aromatic rings. The zero-order chi connectivity index (χ0) is 15.5. The lowest BCUT2D eigenvalue weighted by Gasteiger charge is -2.32. The van der Waals surface area contributed by atoms with Crippen LogP contribution >= 0.6 is 0 Å².